The molecule has 0 saturated heterocycles. The van der Waals surface area contributed by atoms with Gasteiger partial charge in [0.15, 0.2) is 0 Å². The van der Waals surface area contributed by atoms with Gasteiger partial charge in [-0.05, 0) is 37.5 Å². The quantitative estimate of drug-likeness (QED) is 0.897. The Labute approximate surface area is 107 Å². The van der Waals surface area contributed by atoms with Crippen LogP contribution < -0.4 is 5.32 Å². The summed E-state index contributed by atoms with van der Waals surface area (Å²) in [5.41, 5.74) is 1.53. The summed E-state index contributed by atoms with van der Waals surface area (Å²) in [5, 5.41) is 4.05. The maximum atomic E-state index is 12.0. The molecule has 1 amide bonds. The first-order valence-electron chi connectivity index (χ1n) is 5.85. The molecule has 1 aromatic carbocycles. The molecule has 0 spiro atoms. The molecule has 1 N–H and O–H groups in total. The fraction of sp³-hybridized carbons (Fsp3) is 0.462. The van der Waals surface area contributed by atoms with E-state index in [1.54, 1.807) is 31.1 Å². The topological polar surface area (TPSA) is 32.3 Å². The molecule has 92 valence electrons. The summed E-state index contributed by atoms with van der Waals surface area (Å²) in [7, 11) is 3.51. The fourth-order valence-electron chi connectivity index (χ4n) is 1.84. The van der Waals surface area contributed by atoms with Crippen molar-refractivity contribution in [3.8, 4) is 0 Å². The van der Waals surface area contributed by atoms with Gasteiger partial charge in [0, 0.05) is 30.8 Å². The number of halogens is 1. The third kappa shape index (κ3) is 2.72. The lowest BCUT2D eigenvalue weighted by Gasteiger charge is -2.28. The molecular weight excluding hydrogens is 236 g/mol. The summed E-state index contributed by atoms with van der Waals surface area (Å²) in [4.78, 5) is 13.6. The van der Waals surface area contributed by atoms with Crippen molar-refractivity contribution in [2.24, 2.45) is 0 Å². The van der Waals surface area contributed by atoms with Crippen LogP contribution in [0.1, 0.15) is 29.6 Å². The molecule has 0 bridgehead atoms. The lowest BCUT2D eigenvalue weighted by molar-refractivity contribution is 0.0828. The Morgan fingerprint density at radius 1 is 1.41 bits per heavy atom. The average Bonchev–Trinajstić information content (AvgIpc) is 2.22. The van der Waals surface area contributed by atoms with Gasteiger partial charge >= 0.3 is 0 Å². The van der Waals surface area contributed by atoms with E-state index >= 15 is 0 Å². The zero-order chi connectivity index (χ0) is 12.4. The van der Waals surface area contributed by atoms with E-state index in [1.807, 2.05) is 6.07 Å². The van der Waals surface area contributed by atoms with Gasteiger partial charge in [-0.1, -0.05) is 11.6 Å². The lowest BCUT2D eigenvalue weighted by Crippen LogP contribution is -2.29. The predicted octanol–water partition coefficient (Wildman–Crippen LogP) is 3.01. The molecule has 1 fully saturated rings. The standard InChI is InChI=1S/C13H17ClN2O/c1-16(2)13(17)11-7-6-9(14)8-12(11)15-10-4-3-5-10/h6-8,10,15H,3-5H2,1-2H3. The minimum absolute atomic E-state index is 0.00323. The van der Waals surface area contributed by atoms with E-state index in [0.717, 1.165) is 5.69 Å². The number of rotatable bonds is 3. The van der Waals surface area contributed by atoms with Crippen molar-refractivity contribution >= 4 is 23.2 Å². The number of anilines is 1. The summed E-state index contributed by atoms with van der Waals surface area (Å²) >= 11 is 5.98. The number of benzene rings is 1. The van der Waals surface area contributed by atoms with Gasteiger partial charge in [0.2, 0.25) is 0 Å². The van der Waals surface area contributed by atoms with Crippen molar-refractivity contribution in [3.05, 3.63) is 28.8 Å². The third-order valence-electron chi connectivity index (χ3n) is 3.08. The van der Waals surface area contributed by atoms with E-state index < -0.39 is 0 Å². The molecule has 1 saturated carbocycles. The minimum Gasteiger partial charge on any atom is -0.382 e. The Bertz CT molecular complexity index is 427. The number of nitrogens with zero attached hydrogens (tertiary/aromatic N) is 1. The highest BCUT2D eigenvalue weighted by Crippen LogP contribution is 2.28. The molecule has 0 atom stereocenters. The Hall–Kier alpha value is -1.22. The van der Waals surface area contributed by atoms with Crippen molar-refractivity contribution in [1.29, 1.82) is 0 Å². The minimum atomic E-state index is 0.00323. The van der Waals surface area contributed by atoms with Gasteiger partial charge in [-0.2, -0.15) is 0 Å². The number of hydrogen-bond donors (Lipinski definition) is 1. The highest BCUT2D eigenvalue weighted by Gasteiger charge is 2.20. The first-order chi connectivity index (χ1) is 8.08. The van der Waals surface area contributed by atoms with Crippen LogP contribution in [0.4, 0.5) is 5.69 Å². The summed E-state index contributed by atoms with van der Waals surface area (Å²) in [6, 6.07) is 5.86. The van der Waals surface area contributed by atoms with Crippen LogP contribution in [0, 0.1) is 0 Å². The van der Waals surface area contributed by atoms with Gasteiger partial charge in [0.05, 0.1) is 5.56 Å². The molecule has 0 aliphatic heterocycles. The Morgan fingerprint density at radius 2 is 2.12 bits per heavy atom. The van der Waals surface area contributed by atoms with Gasteiger partial charge in [0.1, 0.15) is 0 Å². The number of amides is 1. The molecule has 0 heterocycles. The first kappa shape index (κ1) is 12.2. The van der Waals surface area contributed by atoms with Crippen molar-refractivity contribution in [3.63, 3.8) is 0 Å². The van der Waals surface area contributed by atoms with Gasteiger partial charge in [-0.15, -0.1) is 0 Å². The zero-order valence-electron chi connectivity index (χ0n) is 10.2. The monoisotopic (exact) mass is 252 g/mol. The van der Waals surface area contributed by atoms with E-state index in [9.17, 15) is 4.79 Å². The van der Waals surface area contributed by atoms with Crippen LogP contribution in [0.2, 0.25) is 5.02 Å². The molecule has 17 heavy (non-hydrogen) atoms. The fourth-order valence-corrected chi connectivity index (χ4v) is 2.01. The lowest BCUT2D eigenvalue weighted by atomic mass is 9.92. The van der Waals surface area contributed by atoms with Crippen LogP contribution in [0.3, 0.4) is 0 Å². The van der Waals surface area contributed by atoms with Gasteiger partial charge in [0.25, 0.3) is 5.91 Å². The smallest absolute Gasteiger partial charge is 0.255 e. The van der Waals surface area contributed by atoms with Crippen molar-refractivity contribution in [2.75, 3.05) is 19.4 Å². The molecule has 0 radical (unpaired) electrons. The highest BCUT2D eigenvalue weighted by atomic mass is 35.5. The predicted molar refractivity (Wildman–Crippen MR) is 70.7 cm³/mol. The number of carbonyl (C=O) groups excluding carboxylic acids is 1. The molecule has 0 aromatic heterocycles. The SMILES string of the molecule is CN(C)C(=O)c1ccc(Cl)cc1NC1CCC1. The molecule has 3 nitrogen and oxygen atoms in total. The van der Waals surface area contributed by atoms with Crippen LogP contribution in [0.25, 0.3) is 0 Å². The van der Waals surface area contributed by atoms with Gasteiger partial charge in [-0.3, -0.25) is 4.79 Å². The Kier molecular flexibility index (Phi) is 3.57. The second-order valence-electron chi connectivity index (χ2n) is 4.66. The van der Waals surface area contributed by atoms with Crippen LogP contribution in [-0.4, -0.2) is 30.9 Å². The molecule has 1 aliphatic carbocycles. The van der Waals surface area contributed by atoms with Crippen LogP contribution in [-0.2, 0) is 0 Å². The van der Waals surface area contributed by atoms with Crippen LogP contribution in [0.15, 0.2) is 18.2 Å². The Morgan fingerprint density at radius 3 is 2.65 bits per heavy atom. The normalized spacial score (nSPS) is 15.2. The van der Waals surface area contributed by atoms with E-state index in [4.69, 9.17) is 11.6 Å². The first-order valence-corrected chi connectivity index (χ1v) is 6.23. The van der Waals surface area contributed by atoms with Crippen LogP contribution in [0.5, 0.6) is 0 Å². The second-order valence-corrected chi connectivity index (χ2v) is 5.10. The summed E-state index contributed by atoms with van der Waals surface area (Å²) in [5.74, 6) is 0.00323. The summed E-state index contributed by atoms with van der Waals surface area (Å²) in [6.07, 6.45) is 3.60. The van der Waals surface area contributed by atoms with E-state index in [-0.39, 0.29) is 5.91 Å². The third-order valence-corrected chi connectivity index (χ3v) is 3.32. The number of nitrogens with one attached hydrogen (secondary N) is 1. The Balaban J connectivity index is 2.26. The van der Waals surface area contributed by atoms with E-state index in [0.29, 0.717) is 16.6 Å². The number of hydrogen-bond acceptors (Lipinski definition) is 2. The summed E-state index contributed by atoms with van der Waals surface area (Å²) in [6.45, 7) is 0. The maximum absolute atomic E-state index is 12.0. The van der Waals surface area contributed by atoms with Crippen LogP contribution >= 0.6 is 11.6 Å². The van der Waals surface area contributed by atoms with Gasteiger partial charge < -0.3 is 10.2 Å². The molecule has 1 aromatic rings. The number of carbonyl (C=O) groups is 1. The zero-order valence-corrected chi connectivity index (χ0v) is 10.9. The molecule has 0 unspecified atom stereocenters. The molecule has 4 heteroatoms. The maximum Gasteiger partial charge on any atom is 0.255 e. The molecule has 1 aliphatic rings. The molecular formula is C13H17ClN2O. The van der Waals surface area contributed by atoms with Crippen molar-refractivity contribution < 1.29 is 4.79 Å². The summed E-state index contributed by atoms with van der Waals surface area (Å²) < 4.78 is 0. The largest absolute Gasteiger partial charge is 0.382 e. The second kappa shape index (κ2) is 4.96. The van der Waals surface area contributed by atoms with E-state index in [1.165, 1.54) is 19.3 Å². The van der Waals surface area contributed by atoms with Gasteiger partial charge in [-0.25, -0.2) is 0 Å². The highest BCUT2D eigenvalue weighted by molar-refractivity contribution is 6.31. The molecule has 2 rings (SSSR count). The van der Waals surface area contributed by atoms with E-state index in [2.05, 4.69) is 5.32 Å². The average molecular weight is 253 g/mol. The van der Waals surface area contributed by atoms with Crippen molar-refractivity contribution in [2.45, 2.75) is 25.3 Å². The van der Waals surface area contributed by atoms with Crippen molar-refractivity contribution in [1.82, 2.24) is 4.90 Å².